The molecule has 0 saturated heterocycles. The van der Waals surface area contributed by atoms with Crippen molar-refractivity contribution in [3.8, 4) is 0 Å². The molecular formula is C7H12N2OS. The van der Waals surface area contributed by atoms with Gasteiger partial charge in [0.15, 0.2) is 0 Å². The molecule has 0 radical (unpaired) electrons. The minimum atomic E-state index is -0.420. The van der Waals surface area contributed by atoms with Crippen LogP contribution in [0.2, 0.25) is 0 Å². The van der Waals surface area contributed by atoms with Gasteiger partial charge in [-0.3, -0.25) is 0 Å². The number of aliphatic hydroxyl groups excluding tert-OH is 1. The van der Waals surface area contributed by atoms with Gasteiger partial charge < -0.3 is 5.11 Å². The van der Waals surface area contributed by atoms with Crippen molar-refractivity contribution >= 4 is 11.5 Å². The summed E-state index contributed by atoms with van der Waals surface area (Å²) in [5.41, 5.74) is 0.951. The Morgan fingerprint density at radius 1 is 1.64 bits per heavy atom. The Hall–Kier alpha value is -0.480. The van der Waals surface area contributed by atoms with E-state index in [1.165, 1.54) is 11.5 Å². The van der Waals surface area contributed by atoms with Crippen molar-refractivity contribution in [3.63, 3.8) is 0 Å². The first-order chi connectivity index (χ1) is 5.25. The van der Waals surface area contributed by atoms with Crippen molar-refractivity contribution in [2.75, 3.05) is 0 Å². The maximum absolute atomic E-state index is 9.25. The highest BCUT2D eigenvalue weighted by Gasteiger charge is 2.10. The lowest BCUT2D eigenvalue weighted by Gasteiger charge is -2.00. The zero-order chi connectivity index (χ0) is 8.27. The van der Waals surface area contributed by atoms with Crippen LogP contribution in [0.25, 0.3) is 0 Å². The molecule has 0 aliphatic heterocycles. The molecule has 1 rings (SSSR count). The van der Waals surface area contributed by atoms with Gasteiger partial charge in [-0.15, -0.1) is 5.10 Å². The SMILES string of the molecule is CCCc1nnsc1C(C)O. The van der Waals surface area contributed by atoms with E-state index in [4.69, 9.17) is 0 Å². The Morgan fingerprint density at radius 2 is 2.36 bits per heavy atom. The molecule has 0 aliphatic rings. The Kier molecular flexibility index (Phi) is 2.96. The van der Waals surface area contributed by atoms with Crippen LogP contribution in [-0.4, -0.2) is 14.7 Å². The van der Waals surface area contributed by atoms with E-state index >= 15 is 0 Å². The summed E-state index contributed by atoms with van der Waals surface area (Å²) in [6, 6.07) is 0. The maximum atomic E-state index is 9.25. The molecule has 0 spiro atoms. The molecule has 0 bridgehead atoms. The molecule has 0 fully saturated rings. The smallest absolute Gasteiger partial charge is 0.0889 e. The van der Waals surface area contributed by atoms with Gasteiger partial charge in [0.1, 0.15) is 0 Å². The van der Waals surface area contributed by atoms with Crippen molar-refractivity contribution in [1.82, 2.24) is 9.59 Å². The molecule has 1 unspecified atom stereocenters. The number of rotatable bonds is 3. The first-order valence-corrected chi connectivity index (χ1v) is 4.52. The number of nitrogens with zero attached hydrogens (tertiary/aromatic N) is 2. The minimum Gasteiger partial charge on any atom is -0.388 e. The zero-order valence-corrected chi connectivity index (χ0v) is 7.56. The van der Waals surface area contributed by atoms with Crippen molar-refractivity contribution < 1.29 is 5.11 Å². The lowest BCUT2D eigenvalue weighted by Crippen LogP contribution is -1.94. The lowest BCUT2D eigenvalue weighted by atomic mass is 10.2. The van der Waals surface area contributed by atoms with E-state index in [2.05, 4.69) is 16.5 Å². The molecule has 1 atom stereocenters. The van der Waals surface area contributed by atoms with E-state index in [0.29, 0.717) is 0 Å². The topological polar surface area (TPSA) is 46.0 Å². The average molecular weight is 172 g/mol. The van der Waals surface area contributed by atoms with Gasteiger partial charge in [-0.1, -0.05) is 17.8 Å². The average Bonchev–Trinajstić information content (AvgIpc) is 2.36. The predicted molar refractivity (Wildman–Crippen MR) is 44.5 cm³/mol. The Morgan fingerprint density at radius 3 is 2.91 bits per heavy atom. The molecule has 1 aromatic heterocycles. The highest BCUT2D eigenvalue weighted by atomic mass is 32.1. The summed E-state index contributed by atoms with van der Waals surface area (Å²) in [5.74, 6) is 0. The van der Waals surface area contributed by atoms with Crippen LogP contribution < -0.4 is 0 Å². The van der Waals surface area contributed by atoms with Crippen LogP contribution in [0.15, 0.2) is 0 Å². The molecule has 0 amide bonds. The fraction of sp³-hybridized carbons (Fsp3) is 0.714. The predicted octanol–water partition coefficient (Wildman–Crippen LogP) is 1.54. The third-order valence-corrected chi connectivity index (χ3v) is 2.39. The van der Waals surface area contributed by atoms with Gasteiger partial charge in [-0.25, -0.2) is 0 Å². The number of hydrogen-bond donors (Lipinski definition) is 1. The van der Waals surface area contributed by atoms with E-state index in [1.807, 2.05) is 0 Å². The van der Waals surface area contributed by atoms with Crippen molar-refractivity contribution in [3.05, 3.63) is 10.6 Å². The van der Waals surface area contributed by atoms with E-state index in [-0.39, 0.29) is 0 Å². The first kappa shape index (κ1) is 8.62. The van der Waals surface area contributed by atoms with Crippen LogP contribution in [-0.2, 0) is 6.42 Å². The van der Waals surface area contributed by atoms with Crippen LogP contribution in [0.1, 0.15) is 36.9 Å². The molecule has 1 N–H and O–H groups in total. The molecule has 1 aromatic rings. The molecule has 1 heterocycles. The van der Waals surface area contributed by atoms with E-state index in [0.717, 1.165) is 23.4 Å². The van der Waals surface area contributed by atoms with Crippen molar-refractivity contribution in [1.29, 1.82) is 0 Å². The number of aliphatic hydroxyl groups is 1. The molecule has 0 aliphatic carbocycles. The zero-order valence-electron chi connectivity index (χ0n) is 6.74. The summed E-state index contributed by atoms with van der Waals surface area (Å²) in [6.45, 7) is 3.83. The minimum absolute atomic E-state index is 0.420. The van der Waals surface area contributed by atoms with Crippen LogP contribution in [0.3, 0.4) is 0 Å². The summed E-state index contributed by atoms with van der Waals surface area (Å²) in [4.78, 5) is 0.909. The van der Waals surface area contributed by atoms with Gasteiger partial charge in [-0.2, -0.15) is 0 Å². The van der Waals surface area contributed by atoms with Crippen LogP contribution in [0, 0.1) is 0 Å². The number of aromatic nitrogens is 2. The summed E-state index contributed by atoms with van der Waals surface area (Å²) >= 11 is 1.29. The van der Waals surface area contributed by atoms with E-state index in [9.17, 15) is 5.11 Å². The fourth-order valence-electron chi connectivity index (χ4n) is 0.943. The summed E-state index contributed by atoms with van der Waals surface area (Å²) in [5, 5.41) is 13.2. The van der Waals surface area contributed by atoms with Gasteiger partial charge in [0, 0.05) is 0 Å². The molecule has 11 heavy (non-hydrogen) atoms. The summed E-state index contributed by atoms with van der Waals surface area (Å²) < 4.78 is 3.79. The summed E-state index contributed by atoms with van der Waals surface area (Å²) in [6.07, 6.45) is 1.54. The van der Waals surface area contributed by atoms with Gasteiger partial charge in [-0.05, 0) is 24.9 Å². The second kappa shape index (κ2) is 3.78. The first-order valence-electron chi connectivity index (χ1n) is 3.75. The van der Waals surface area contributed by atoms with Crippen LogP contribution in [0.4, 0.5) is 0 Å². The molecule has 3 nitrogen and oxygen atoms in total. The quantitative estimate of drug-likeness (QED) is 0.752. The van der Waals surface area contributed by atoms with Crippen LogP contribution in [0.5, 0.6) is 0 Å². The molecule has 0 saturated carbocycles. The van der Waals surface area contributed by atoms with Gasteiger partial charge in [0.2, 0.25) is 0 Å². The van der Waals surface area contributed by atoms with Gasteiger partial charge in [0.25, 0.3) is 0 Å². The van der Waals surface area contributed by atoms with E-state index in [1.54, 1.807) is 6.92 Å². The number of hydrogen-bond acceptors (Lipinski definition) is 4. The van der Waals surface area contributed by atoms with Crippen molar-refractivity contribution in [2.45, 2.75) is 32.8 Å². The molecule has 62 valence electrons. The Labute approximate surface area is 70.2 Å². The van der Waals surface area contributed by atoms with Crippen LogP contribution >= 0.6 is 11.5 Å². The maximum Gasteiger partial charge on any atom is 0.0889 e. The van der Waals surface area contributed by atoms with Crippen molar-refractivity contribution in [2.24, 2.45) is 0 Å². The highest BCUT2D eigenvalue weighted by molar-refractivity contribution is 7.05. The normalized spacial score (nSPS) is 13.4. The van der Waals surface area contributed by atoms with Gasteiger partial charge in [0.05, 0.1) is 16.7 Å². The molecule has 0 aromatic carbocycles. The second-order valence-corrected chi connectivity index (χ2v) is 3.30. The summed E-state index contributed by atoms with van der Waals surface area (Å²) in [7, 11) is 0. The Balaban J connectivity index is 2.78. The lowest BCUT2D eigenvalue weighted by molar-refractivity contribution is 0.202. The second-order valence-electron chi connectivity index (χ2n) is 2.51. The monoisotopic (exact) mass is 172 g/mol. The van der Waals surface area contributed by atoms with E-state index < -0.39 is 6.10 Å². The fourth-order valence-corrected chi connectivity index (χ4v) is 1.57. The highest BCUT2D eigenvalue weighted by Crippen LogP contribution is 2.20. The third-order valence-electron chi connectivity index (χ3n) is 1.45. The molecular weight excluding hydrogens is 160 g/mol. The largest absolute Gasteiger partial charge is 0.388 e. The Bertz CT molecular complexity index is 222. The number of aryl methyl sites for hydroxylation is 1. The molecule has 4 heteroatoms. The van der Waals surface area contributed by atoms with Gasteiger partial charge >= 0.3 is 0 Å². The third kappa shape index (κ3) is 1.97. The standard InChI is InChI=1S/C7H12N2OS/c1-3-4-6-7(5(2)10)11-9-8-6/h5,10H,3-4H2,1-2H3.